The first kappa shape index (κ1) is 18.2. The van der Waals surface area contributed by atoms with Gasteiger partial charge in [0.2, 0.25) is 0 Å². The zero-order chi connectivity index (χ0) is 18.7. The number of nitrogens with zero attached hydrogens (tertiary/aromatic N) is 1. The number of carbonyl (C=O) groups excluding carboxylic acids is 2. The van der Waals surface area contributed by atoms with Crippen LogP contribution in [0, 0.1) is 5.92 Å². The Morgan fingerprint density at radius 2 is 1.58 bits per heavy atom. The fraction of sp³-hybridized carbons (Fsp3) is 0.364. The quantitative estimate of drug-likeness (QED) is 0.694. The van der Waals surface area contributed by atoms with Crippen molar-refractivity contribution in [2.75, 3.05) is 0 Å². The van der Waals surface area contributed by atoms with Crippen molar-refractivity contribution in [1.82, 2.24) is 4.90 Å². The van der Waals surface area contributed by atoms with Gasteiger partial charge in [0, 0.05) is 0 Å². The van der Waals surface area contributed by atoms with Crippen molar-refractivity contribution in [3.63, 3.8) is 0 Å². The summed E-state index contributed by atoms with van der Waals surface area (Å²) >= 11 is 0. The van der Waals surface area contributed by atoms with E-state index < -0.39 is 17.7 Å². The molecule has 1 aliphatic heterocycles. The molecular formula is C22H25NO3. The third-order valence-corrected chi connectivity index (χ3v) is 4.88. The molecule has 1 saturated heterocycles. The molecule has 26 heavy (non-hydrogen) atoms. The fourth-order valence-electron chi connectivity index (χ4n) is 3.90. The third kappa shape index (κ3) is 3.36. The average Bonchev–Trinajstić information content (AvgIpc) is 3.00. The number of amides is 1. The zero-order valence-electron chi connectivity index (χ0n) is 15.5. The molecule has 1 aliphatic rings. The second-order valence-corrected chi connectivity index (χ2v) is 7.51. The molecule has 0 bridgehead atoms. The highest BCUT2D eigenvalue weighted by molar-refractivity contribution is 5.79. The Labute approximate surface area is 154 Å². The Kier molecular flexibility index (Phi) is 5.12. The molecule has 0 aliphatic carbocycles. The van der Waals surface area contributed by atoms with Crippen molar-refractivity contribution < 1.29 is 14.3 Å². The van der Waals surface area contributed by atoms with E-state index in [1.165, 1.54) is 0 Å². The molecule has 0 unspecified atom stereocenters. The SMILES string of the molecule is CC(C)C[C@](C)(C=O)N1C(=O)O[C@H](c2ccccc2)[C@@H]1c1ccccc1. The van der Waals surface area contributed by atoms with Gasteiger partial charge in [-0.1, -0.05) is 74.5 Å². The van der Waals surface area contributed by atoms with Crippen LogP contribution >= 0.6 is 0 Å². The number of ether oxygens (including phenoxy) is 1. The minimum Gasteiger partial charge on any atom is -0.439 e. The van der Waals surface area contributed by atoms with Crippen molar-refractivity contribution in [2.24, 2.45) is 5.92 Å². The van der Waals surface area contributed by atoms with Crippen molar-refractivity contribution in [2.45, 2.75) is 44.9 Å². The molecule has 4 heteroatoms. The van der Waals surface area contributed by atoms with E-state index in [0.29, 0.717) is 6.42 Å². The van der Waals surface area contributed by atoms with Gasteiger partial charge in [0.05, 0.1) is 5.54 Å². The largest absolute Gasteiger partial charge is 0.439 e. The molecule has 3 atom stereocenters. The molecule has 0 saturated carbocycles. The summed E-state index contributed by atoms with van der Waals surface area (Å²) < 4.78 is 5.78. The maximum Gasteiger partial charge on any atom is 0.411 e. The lowest BCUT2D eigenvalue weighted by atomic mass is 9.86. The van der Waals surface area contributed by atoms with Gasteiger partial charge in [-0.3, -0.25) is 4.90 Å². The van der Waals surface area contributed by atoms with Crippen molar-refractivity contribution in [1.29, 1.82) is 0 Å². The second kappa shape index (κ2) is 7.32. The molecule has 1 heterocycles. The third-order valence-electron chi connectivity index (χ3n) is 4.88. The summed E-state index contributed by atoms with van der Waals surface area (Å²) in [6.45, 7) is 5.93. The van der Waals surface area contributed by atoms with Crippen LogP contribution in [-0.2, 0) is 9.53 Å². The Bertz CT molecular complexity index is 759. The normalized spacial score (nSPS) is 22.2. The predicted molar refractivity (Wildman–Crippen MR) is 101 cm³/mol. The van der Waals surface area contributed by atoms with Crippen LogP contribution in [-0.4, -0.2) is 22.8 Å². The van der Waals surface area contributed by atoms with E-state index in [1.54, 1.807) is 4.90 Å². The number of carbonyl (C=O) groups is 2. The number of rotatable bonds is 6. The Hall–Kier alpha value is -2.62. The molecule has 136 valence electrons. The topological polar surface area (TPSA) is 46.6 Å². The first-order valence-corrected chi connectivity index (χ1v) is 9.02. The molecule has 2 aromatic carbocycles. The van der Waals surface area contributed by atoms with E-state index in [4.69, 9.17) is 4.74 Å². The summed E-state index contributed by atoms with van der Waals surface area (Å²) in [6.07, 6.45) is 0.578. The van der Waals surface area contributed by atoms with E-state index in [2.05, 4.69) is 13.8 Å². The second-order valence-electron chi connectivity index (χ2n) is 7.51. The molecule has 1 amide bonds. The maximum absolute atomic E-state index is 12.9. The van der Waals surface area contributed by atoms with Gasteiger partial charge in [0.25, 0.3) is 0 Å². The van der Waals surface area contributed by atoms with Crippen LogP contribution in [0.2, 0.25) is 0 Å². The molecule has 0 spiro atoms. The molecule has 1 fully saturated rings. The summed E-state index contributed by atoms with van der Waals surface area (Å²) in [7, 11) is 0. The highest BCUT2D eigenvalue weighted by atomic mass is 16.6. The Morgan fingerprint density at radius 1 is 1.04 bits per heavy atom. The van der Waals surface area contributed by atoms with E-state index in [1.807, 2.05) is 67.6 Å². The summed E-state index contributed by atoms with van der Waals surface area (Å²) in [5.41, 5.74) is 0.967. The molecular weight excluding hydrogens is 326 g/mol. The van der Waals surface area contributed by atoms with Crippen LogP contribution in [0.3, 0.4) is 0 Å². The minimum absolute atomic E-state index is 0.269. The number of hydrogen-bond acceptors (Lipinski definition) is 3. The standard InChI is InChI=1S/C22H25NO3/c1-16(2)14-22(3,15-24)23-19(17-10-6-4-7-11-17)20(26-21(23)25)18-12-8-5-9-13-18/h4-13,15-16,19-20H,14H2,1-3H3/t19-,20+,22+/m0/s1. The highest BCUT2D eigenvalue weighted by Gasteiger charge is 2.51. The average molecular weight is 351 g/mol. The first-order valence-electron chi connectivity index (χ1n) is 9.02. The lowest BCUT2D eigenvalue weighted by Crippen LogP contribution is -2.50. The number of benzene rings is 2. The van der Waals surface area contributed by atoms with E-state index in [9.17, 15) is 9.59 Å². The van der Waals surface area contributed by atoms with Crippen molar-refractivity contribution in [3.8, 4) is 0 Å². The van der Waals surface area contributed by atoms with E-state index in [-0.39, 0.29) is 12.0 Å². The molecule has 0 N–H and O–H groups in total. The number of cyclic esters (lactones) is 1. The van der Waals surface area contributed by atoms with E-state index in [0.717, 1.165) is 17.4 Å². The highest BCUT2D eigenvalue weighted by Crippen LogP contribution is 2.47. The molecule has 2 aromatic rings. The van der Waals surface area contributed by atoms with Crippen LogP contribution < -0.4 is 0 Å². The lowest BCUT2D eigenvalue weighted by Gasteiger charge is -2.38. The summed E-state index contributed by atoms with van der Waals surface area (Å²) in [5, 5.41) is 0. The molecule has 3 rings (SSSR count). The summed E-state index contributed by atoms with van der Waals surface area (Å²) in [5.74, 6) is 0.269. The Morgan fingerprint density at radius 3 is 2.08 bits per heavy atom. The van der Waals surface area contributed by atoms with E-state index >= 15 is 0 Å². The Balaban J connectivity index is 2.10. The summed E-state index contributed by atoms with van der Waals surface area (Å²) in [6, 6.07) is 19.2. The van der Waals surface area contributed by atoms with Gasteiger partial charge in [0.1, 0.15) is 12.3 Å². The van der Waals surface area contributed by atoms with Gasteiger partial charge < -0.3 is 9.53 Å². The fourth-order valence-corrected chi connectivity index (χ4v) is 3.90. The predicted octanol–water partition coefficient (Wildman–Crippen LogP) is 4.92. The van der Waals surface area contributed by atoms with Crippen LogP contribution in [0.15, 0.2) is 60.7 Å². The van der Waals surface area contributed by atoms with Crippen molar-refractivity contribution >= 4 is 12.4 Å². The first-order chi connectivity index (χ1) is 12.5. The molecule has 4 nitrogen and oxygen atoms in total. The maximum atomic E-state index is 12.9. The monoisotopic (exact) mass is 351 g/mol. The van der Waals surface area contributed by atoms with Crippen molar-refractivity contribution in [3.05, 3.63) is 71.8 Å². The van der Waals surface area contributed by atoms with Crippen LogP contribution in [0.5, 0.6) is 0 Å². The van der Waals surface area contributed by atoms with Gasteiger partial charge in [-0.05, 0) is 30.4 Å². The van der Waals surface area contributed by atoms with Gasteiger partial charge in [-0.2, -0.15) is 0 Å². The van der Waals surface area contributed by atoms with Gasteiger partial charge in [0.15, 0.2) is 6.10 Å². The van der Waals surface area contributed by atoms with Gasteiger partial charge in [-0.25, -0.2) is 4.79 Å². The summed E-state index contributed by atoms with van der Waals surface area (Å²) in [4.78, 5) is 26.6. The zero-order valence-corrected chi connectivity index (χ0v) is 15.5. The lowest BCUT2D eigenvalue weighted by molar-refractivity contribution is -0.117. The van der Waals surface area contributed by atoms with Crippen LogP contribution in [0.25, 0.3) is 0 Å². The number of hydrogen-bond donors (Lipinski definition) is 0. The van der Waals surface area contributed by atoms with Crippen LogP contribution in [0.4, 0.5) is 4.79 Å². The van der Waals surface area contributed by atoms with Gasteiger partial charge >= 0.3 is 6.09 Å². The smallest absolute Gasteiger partial charge is 0.411 e. The van der Waals surface area contributed by atoms with Gasteiger partial charge in [-0.15, -0.1) is 0 Å². The number of aldehydes is 1. The minimum atomic E-state index is -0.921. The van der Waals surface area contributed by atoms with Crippen LogP contribution in [0.1, 0.15) is 50.5 Å². The molecule has 0 radical (unpaired) electrons. The molecule has 0 aromatic heterocycles.